The molecule has 0 atom stereocenters. The molecule has 0 aliphatic carbocycles. The Balaban J connectivity index is 2.59. The number of nitrogens with two attached hydrogens (primary N) is 1. The molecule has 0 aliphatic rings. The smallest absolute Gasteiger partial charge is 0.183 e. The molecular weight excluding hydrogens is 174 g/mol. The van der Waals surface area contributed by atoms with Crippen LogP contribution in [0.25, 0.3) is 10.8 Å². The number of ether oxygens (including phenoxy) is 1. The monoisotopic (exact) mass is 185 g/mol. The van der Waals surface area contributed by atoms with E-state index in [4.69, 9.17) is 10.5 Å². The minimum absolute atomic E-state index is 0.210. The van der Waals surface area contributed by atoms with E-state index in [1.807, 2.05) is 42.5 Å². The minimum atomic E-state index is 0.210. The Morgan fingerprint density at radius 3 is 2.57 bits per heavy atom. The Morgan fingerprint density at radius 2 is 1.79 bits per heavy atom. The van der Waals surface area contributed by atoms with Gasteiger partial charge in [-0.25, -0.2) is 0 Å². The van der Waals surface area contributed by atoms with Crippen molar-refractivity contribution in [2.75, 3.05) is 0 Å². The maximum absolute atomic E-state index is 5.40. The van der Waals surface area contributed by atoms with Crippen LogP contribution >= 0.6 is 0 Å². The molecule has 0 aromatic heterocycles. The second kappa shape index (κ2) is 3.42. The van der Waals surface area contributed by atoms with Crippen LogP contribution in [0.3, 0.4) is 0 Å². The van der Waals surface area contributed by atoms with Gasteiger partial charge in [-0.3, -0.25) is 0 Å². The molecule has 0 radical (unpaired) electrons. The first-order chi connectivity index (χ1) is 6.77. The first kappa shape index (κ1) is 8.63. The molecule has 0 fully saturated rings. The van der Waals surface area contributed by atoms with Gasteiger partial charge in [0.1, 0.15) is 5.75 Å². The van der Waals surface area contributed by atoms with Crippen molar-refractivity contribution in [2.24, 2.45) is 5.73 Å². The summed E-state index contributed by atoms with van der Waals surface area (Å²) in [4.78, 5) is 0. The summed E-state index contributed by atoms with van der Waals surface area (Å²) in [6.45, 7) is 3.51. The van der Waals surface area contributed by atoms with Gasteiger partial charge < -0.3 is 10.5 Å². The Morgan fingerprint density at radius 1 is 1.07 bits per heavy atom. The number of fused-ring (bicyclic) bond motifs is 1. The van der Waals surface area contributed by atoms with E-state index in [1.165, 1.54) is 0 Å². The van der Waals surface area contributed by atoms with E-state index in [0.717, 1.165) is 16.5 Å². The van der Waals surface area contributed by atoms with Gasteiger partial charge in [-0.05, 0) is 18.0 Å². The second-order valence-electron chi connectivity index (χ2n) is 3.05. The first-order valence-electron chi connectivity index (χ1n) is 4.37. The molecule has 2 aromatic carbocycles. The number of hydrogen-bond donors (Lipinski definition) is 1. The SMILES string of the molecule is C=C(N)Oc1cccc2ccccc12. The van der Waals surface area contributed by atoms with Gasteiger partial charge in [0.25, 0.3) is 0 Å². The summed E-state index contributed by atoms with van der Waals surface area (Å²) in [6.07, 6.45) is 0. The summed E-state index contributed by atoms with van der Waals surface area (Å²) in [7, 11) is 0. The minimum Gasteiger partial charge on any atom is -0.442 e. The molecular formula is C12H11NO. The molecule has 0 spiro atoms. The van der Waals surface area contributed by atoms with Crippen LogP contribution < -0.4 is 10.5 Å². The number of benzene rings is 2. The molecule has 2 nitrogen and oxygen atoms in total. The van der Waals surface area contributed by atoms with E-state index >= 15 is 0 Å². The highest BCUT2D eigenvalue weighted by Gasteiger charge is 2.00. The highest BCUT2D eigenvalue weighted by atomic mass is 16.5. The van der Waals surface area contributed by atoms with Crippen LogP contribution in [-0.4, -0.2) is 0 Å². The standard InChI is InChI=1S/C12H11NO/c1-9(13)14-12-8-4-6-10-5-2-3-7-11(10)12/h2-8H,1,13H2. The fourth-order valence-electron chi connectivity index (χ4n) is 1.43. The Bertz CT molecular complexity index is 471. The molecule has 2 rings (SSSR count). The van der Waals surface area contributed by atoms with Gasteiger partial charge >= 0.3 is 0 Å². The summed E-state index contributed by atoms with van der Waals surface area (Å²) in [5.74, 6) is 0.956. The normalized spacial score (nSPS) is 10.0. The maximum atomic E-state index is 5.40. The van der Waals surface area contributed by atoms with Crippen LogP contribution in [0, 0.1) is 0 Å². The summed E-state index contributed by atoms with van der Waals surface area (Å²) >= 11 is 0. The quantitative estimate of drug-likeness (QED) is 0.730. The molecule has 2 heteroatoms. The average Bonchev–Trinajstić information content (AvgIpc) is 2.18. The zero-order chi connectivity index (χ0) is 9.97. The largest absolute Gasteiger partial charge is 0.442 e. The lowest BCUT2D eigenvalue weighted by molar-refractivity contribution is 0.427. The Hall–Kier alpha value is -1.96. The third kappa shape index (κ3) is 1.55. The highest BCUT2D eigenvalue weighted by molar-refractivity contribution is 5.88. The molecule has 0 saturated heterocycles. The summed E-state index contributed by atoms with van der Waals surface area (Å²) in [6, 6.07) is 13.8. The molecule has 14 heavy (non-hydrogen) atoms. The van der Waals surface area contributed by atoms with Gasteiger partial charge in [-0.15, -0.1) is 0 Å². The van der Waals surface area contributed by atoms with Crippen molar-refractivity contribution >= 4 is 10.8 Å². The van der Waals surface area contributed by atoms with E-state index in [-0.39, 0.29) is 5.88 Å². The predicted octanol–water partition coefficient (Wildman–Crippen LogP) is 2.65. The third-order valence-electron chi connectivity index (χ3n) is 1.99. The van der Waals surface area contributed by atoms with Crippen molar-refractivity contribution in [1.82, 2.24) is 0 Å². The van der Waals surface area contributed by atoms with Gasteiger partial charge in [0, 0.05) is 5.39 Å². The average molecular weight is 185 g/mol. The van der Waals surface area contributed by atoms with E-state index in [9.17, 15) is 0 Å². The van der Waals surface area contributed by atoms with Crippen LogP contribution in [0.15, 0.2) is 54.9 Å². The molecule has 0 bridgehead atoms. The molecule has 0 aliphatic heterocycles. The van der Waals surface area contributed by atoms with Gasteiger partial charge in [-0.2, -0.15) is 0 Å². The number of rotatable bonds is 2. The van der Waals surface area contributed by atoms with Crippen LogP contribution in [0.4, 0.5) is 0 Å². The van der Waals surface area contributed by atoms with Crippen molar-refractivity contribution in [1.29, 1.82) is 0 Å². The lowest BCUT2D eigenvalue weighted by atomic mass is 10.1. The zero-order valence-electron chi connectivity index (χ0n) is 7.73. The van der Waals surface area contributed by atoms with Crippen LogP contribution in [0.5, 0.6) is 5.75 Å². The van der Waals surface area contributed by atoms with E-state index in [0.29, 0.717) is 0 Å². The Labute approximate surface area is 82.6 Å². The third-order valence-corrected chi connectivity index (χ3v) is 1.99. The lowest BCUT2D eigenvalue weighted by Gasteiger charge is -2.07. The fraction of sp³-hybridized carbons (Fsp3) is 0. The van der Waals surface area contributed by atoms with Gasteiger partial charge in [-0.1, -0.05) is 36.4 Å². The van der Waals surface area contributed by atoms with Gasteiger partial charge in [0.05, 0.1) is 0 Å². The van der Waals surface area contributed by atoms with Crippen molar-refractivity contribution in [3.05, 3.63) is 54.9 Å². The lowest BCUT2D eigenvalue weighted by Crippen LogP contribution is -2.03. The molecule has 0 heterocycles. The molecule has 0 unspecified atom stereocenters. The van der Waals surface area contributed by atoms with E-state index in [2.05, 4.69) is 6.58 Å². The molecule has 0 saturated carbocycles. The van der Waals surface area contributed by atoms with Crippen LogP contribution in [0.2, 0.25) is 0 Å². The molecule has 2 N–H and O–H groups in total. The maximum Gasteiger partial charge on any atom is 0.183 e. The van der Waals surface area contributed by atoms with Gasteiger partial charge in [0.15, 0.2) is 5.88 Å². The predicted molar refractivity (Wildman–Crippen MR) is 57.9 cm³/mol. The topological polar surface area (TPSA) is 35.2 Å². The van der Waals surface area contributed by atoms with Gasteiger partial charge in [0.2, 0.25) is 0 Å². The summed E-state index contributed by atoms with van der Waals surface area (Å²) < 4.78 is 5.31. The molecule has 0 amide bonds. The second-order valence-corrected chi connectivity index (χ2v) is 3.05. The highest BCUT2D eigenvalue weighted by Crippen LogP contribution is 2.25. The summed E-state index contributed by atoms with van der Waals surface area (Å²) in [5.41, 5.74) is 5.40. The molecule has 2 aromatic rings. The molecule has 70 valence electrons. The van der Waals surface area contributed by atoms with E-state index < -0.39 is 0 Å². The van der Waals surface area contributed by atoms with Crippen molar-refractivity contribution < 1.29 is 4.74 Å². The summed E-state index contributed by atoms with van der Waals surface area (Å²) in [5, 5.41) is 2.17. The first-order valence-corrected chi connectivity index (χ1v) is 4.37. The Kier molecular flexibility index (Phi) is 2.11. The van der Waals surface area contributed by atoms with Crippen molar-refractivity contribution in [3.63, 3.8) is 0 Å². The van der Waals surface area contributed by atoms with Crippen LogP contribution in [0.1, 0.15) is 0 Å². The fourth-order valence-corrected chi connectivity index (χ4v) is 1.43. The van der Waals surface area contributed by atoms with Crippen LogP contribution in [-0.2, 0) is 0 Å². The number of hydrogen-bond acceptors (Lipinski definition) is 2. The zero-order valence-corrected chi connectivity index (χ0v) is 7.73. The van der Waals surface area contributed by atoms with Crippen molar-refractivity contribution in [3.8, 4) is 5.75 Å². The van der Waals surface area contributed by atoms with E-state index in [1.54, 1.807) is 0 Å². The van der Waals surface area contributed by atoms with Crippen molar-refractivity contribution in [2.45, 2.75) is 0 Å².